The predicted octanol–water partition coefficient (Wildman–Crippen LogP) is 3.84. The van der Waals surface area contributed by atoms with Gasteiger partial charge in [-0.15, -0.1) is 10.2 Å². The van der Waals surface area contributed by atoms with Gasteiger partial charge in [0.2, 0.25) is 0 Å². The van der Waals surface area contributed by atoms with Gasteiger partial charge in [0.25, 0.3) is 0 Å². The van der Waals surface area contributed by atoms with Crippen LogP contribution in [-0.4, -0.2) is 39.2 Å². The number of rotatable bonds is 4. The van der Waals surface area contributed by atoms with Gasteiger partial charge in [-0.2, -0.15) is 0 Å². The van der Waals surface area contributed by atoms with Crippen molar-refractivity contribution >= 4 is 5.65 Å². The lowest BCUT2D eigenvalue weighted by atomic mass is 9.81. The van der Waals surface area contributed by atoms with Crippen LogP contribution < -0.4 is 10.5 Å². The number of nitrogens with two attached hydrogens (primary N) is 1. The molecule has 0 unspecified atom stereocenters. The van der Waals surface area contributed by atoms with E-state index in [9.17, 15) is 0 Å². The first-order valence-corrected chi connectivity index (χ1v) is 10.7. The average Bonchev–Trinajstić information content (AvgIpc) is 3.30. The predicted molar refractivity (Wildman–Crippen MR) is 113 cm³/mol. The van der Waals surface area contributed by atoms with Gasteiger partial charge in [0.15, 0.2) is 11.5 Å². The number of hydrogen-bond donors (Lipinski definition) is 1. The summed E-state index contributed by atoms with van der Waals surface area (Å²) in [6.07, 6.45) is 6.41. The first kappa shape index (κ1) is 18.6. The number of likely N-dealkylation sites (tertiary alicyclic amines) is 1. The molecule has 1 saturated heterocycles. The molecule has 152 valence electrons. The van der Waals surface area contributed by atoms with E-state index in [0.29, 0.717) is 24.6 Å². The number of ether oxygens (including phenoxy) is 1. The Kier molecular flexibility index (Phi) is 4.76. The second-order valence-corrected chi connectivity index (χ2v) is 8.58. The Balaban J connectivity index is 1.37. The summed E-state index contributed by atoms with van der Waals surface area (Å²) in [4.78, 5) is 2.40. The van der Waals surface area contributed by atoms with Gasteiger partial charge in [-0.1, -0.05) is 24.3 Å². The molecule has 6 heteroatoms. The fourth-order valence-corrected chi connectivity index (χ4v) is 4.91. The number of benzene rings is 1. The molecule has 1 aromatic carbocycles. The van der Waals surface area contributed by atoms with Crippen molar-refractivity contribution in [2.45, 2.75) is 56.7 Å². The Hall–Kier alpha value is -2.44. The highest BCUT2D eigenvalue weighted by Gasteiger charge is 2.32. The second kappa shape index (κ2) is 7.43. The van der Waals surface area contributed by atoms with Crippen molar-refractivity contribution in [1.29, 1.82) is 0 Å². The first-order chi connectivity index (χ1) is 14.1. The maximum absolute atomic E-state index is 6.30. The summed E-state index contributed by atoms with van der Waals surface area (Å²) >= 11 is 0. The highest BCUT2D eigenvalue weighted by Crippen LogP contribution is 2.37. The van der Waals surface area contributed by atoms with Crippen molar-refractivity contribution in [1.82, 2.24) is 19.5 Å². The molecule has 1 aliphatic carbocycles. The van der Waals surface area contributed by atoms with Crippen molar-refractivity contribution in [3.05, 3.63) is 59.5 Å². The van der Waals surface area contributed by atoms with E-state index in [2.05, 4.69) is 57.7 Å². The summed E-state index contributed by atoms with van der Waals surface area (Å²) in [6.45, 7) is 2.93. The number of hydrogen-bond acceptors (Lipinski definition) is 5. The lowest BCUT2D eigenvalue weighted by molar-refractivity contribution is 0.246. The zero-order chi connectivity index (χ0) is 20.0. The fraction of sp³-hybridized carbons (Fsp3) is 0.478. The molecule has 0 amide bonds. The van der Waals surface area contributed by atoms with E-state index in [-0.39, 0.29) is 6.04 Å². The highest BCUT2D eigenvalue weighted by molar-refractivity contribution is 5.42. The van der Waals surface area contributed by atoms with Crippen LogP contribution in [0.1, 0.15) is 67.6 Å². The first-order valence-electron chi connectivity index (χ1n) is 10.7. The van der Waals surface area contributed by atoms with E-state index >= 15 is 0 Å². The SMILES string of the molecule is C[C@H]1CC[C@@H](c2nnc3ccc(OC[C@@H]4CC[C@H](N)c5ccccc54)cn23)N1C. The van der Waals surface area contributed by atoms with E-state index < -0.39 is 0 Å². The van der Waals surface area contributed by atoms with Gasteiger partial charge in [-0.05, 0) is 62.9 Å². The molecule has 0 spiro atoms. The molecule has 5 rings (SSSR count). The van der Waals surface area contributed by atoms with Crippen LogP contribution in [0.5, 0.6) is 5.75 Å². The van der Waals surface area contributed by atoms with Gasteiger partial charge >= 0.3 is 0 Å². The van der Waals surface area contributed by atoms with Crippen molar-refractivity contribution in [2.75, 3.05) is 13.7 Å². The molecule has 1 aliphatic heterocycles. The Morgan fingerprint density at radius 3 is 2.66 bits per heavy atom. The number of pyridine rings is 1. The molecule has 4 atom stereocenters. The smallest absolute Gasteiger partial charge is 0.161 e. The van der Waals surface area contributed by atoms with E-state index in [1.54, 1.807) is 0 Å². The van der Waals surface area contributed by atoms with E-state index in [1.807, 2.05) is 18.3 Å². The molecule has 2 N–H and O–H groups in total. The average molecular weight is 392 g/mol. The van der Waals surface area contributed by atoms with Crippen molar-refractivity contribution in [2.24, 2.45) is 5.73 Å². The molecule has 0 radical (unpaired) electrons. The quantitative estimate of drug-likeness (QED) is 0.732. The van der Waals surface area contributed by atoms with Gasteiger partial charge in [-0.3, -0.25) is 9.30 Å². The van der Waals surface area contributed by atoms with Gasteiger partial charge in [-0.25, -0.2) is 0 Å². The molecule has 2 aromatic heterocycles. The maximum atomic E-state index is 6.30. The third kappa shape index (κ3) is 3.30. The minimum absolute atomic E-state index is 0.143. The number of nitrogens with zero attached hydrogens (tertiary/aromatic N) is 4. The van der Waals surface area contributed by atoms with Crippen LogP contribution in [0.15, 0.2) is 42.6 Å². The molecule has 3 heterocycles. The van der Waals surface area contributed by atoms with Crippen LogP contribution in [0.4, 0.5) is 0 Å². The summed E-state index contributed by atoms with van der Waals surface area (Å²) in [5.74, 6) is 2.25. The summed E-state index contributed by atoms with van der Waals surface area (Å²) < 4.78 is 8.35. The lowest BCUT2D eigenvalue weighted by Gasteiger charge is -2.29. The molecule has 2 aliphatic rings. The van der Waals surface area contributed by atoms with Gasteiger partial charge < -0.3 is 10.5 Å². The van der Waals surface area contributed by atoms with Crippen LogP contribution in [0, 0.1) is 0 Å². The largest absolute Gasteiger partial charge is 0.491 e. The maximum Gasteiger partial charge on any atom is 0.161 e. The molecular formula is C23H29N5O. The van der Waals surface area contributed by atoms with Gasteiger partial charge in [0.05, 0.1) is 18.8 Å². The molecule has 29 heavy (non-hydrogen) atoms. The minimum Gasteiger partial charge on any atom is -0.491 e. The molecular weight excluding hydrogens is 362 g/mol. The monoisotopic (exact) mass is 391 g/mol. The Morgan fingerprint density at radius 1 is 1.03 bits per heavy atom. The second-order valence-electron chi connectivity index (χ2n) is 8.58. The normalized spacial score (nSPS) is 27.3. The van der Waals surface area contributed by atoms with Gasteiger partial charge in [0, 0.05) is 18.0 Å². The van der Waals surface area contributed by atoms with E-state index in [4.69, 9.17) is 10.5 Å². The molecule has 1 fully saturated rings. The highest BCUT2D eigenvalue weighted by atomic mass is 16.5. The third-order valence-electron chi connectivity index (χ3n) is 6.86. The van der Waals surface area contributed by atoms with E-state index in [0.717, 1.165) is 36.5 Å². The standard InChI is InChI=1S/C23H29N5O/c1-15-7-11-21(27(15)2)23-26-25-22-12-9-17(13-28(22)23)29-14-16-8-10-20(24)19-6-4-3-5-18(16)19/h3-6,9,12-13,15-16,20-21H,7-8,10-11,14,24H2,1-2H3/t15-,16-,20-,21-/m0/s1. The summed E-state index contributed by atoms with van der Waals surface area (Å²) in [6, 6.07) is 13.5. The van der Waals surface area contributed by atoms with Crippen molar-refractivity contribution in [3.8, 4) is 5.75 Å². The topological polar surface area (TPSA) is 68.7 Å². The fourth-order valence-electron chi connectivity index (χ4n) is 4.91. The van der Waals surface area contributed by atoms with Crippen LogP contribution >= 0.6 is 0 Å². The summed E-state index contributed by atoms with van der Waals surface area (Å²) in [5, 5.41) is 8.86. The van der Waals surface area contributed by atoms with Crippen molar-refractivity contribution in [3.63, 3.8) is 0 Å². The molecule has 3 aromatic rings. The van der Waals surface area contributed by atoms with E-state index in [1.165, 1.54) is 17.5 Å². The van der Waals surface area contributed by atoms with Crippen LogP contribution in [0.25, 0.3) is 5.65 Å². The van der Waals surface area contributed by atoms with Crippen LogP contribution in [0.2, 0.25) is 0 Å². The third-order valence-corrected chi connectivity index (χ3v) is 6.86. The molecule has 0 bridgehead atoms. The summed E-state index contributed by atoms with van der Waals surface area (Å²) in [7, 11) is 2.18. The van der Waals surface area contributed by atoms with Gasteiger partial charge in [0.1, 0.15) is 5.75 Å². The zero-order valence-electron chi connectivity index (χ0n) is 17.2. The van der Waals surface area contributed by atoms with Crippen LogP contribution in [0.3, 0.4) is 0 Å². The zero-order valence-corrected chi connectivity index (χ0v) is 17.2. The lowest BCUT2D eigenvalue weighted by Crippen LogP contribution is -2.26. The number of fused-ring (bicyclic) bond motifs is 2. The summed E-state index contributed by atoms with van der Waals surface area (Å²) in [5.41, 5.74) is 9.77. The Bertz CT molecular complexity index is 1020. The minimum atomic E-state index is 0.143. The molecule has 6 nitrogen and oxygen atoms in total. The van der Waals surface area contributed by atoms with Crippen LogP contribution in [-0.2, 0) is 0 Å². The Labute approximate surface area is 171 Å². The Morgan fingerprint density at radius 2 is 1.86 bits per heavy atom. The van der Waals surface area contributed by atoms with Crippen molar-refractivity contribution < 1.29 is 4.74 Å². The molecule has 0 saturated carbocycles. The number of aromatic nitrogens is 3.